The number of benzene rings is 1. The van der Waals surface area contributed by atoms with Gasteiger partial charge in [0.05, 0.1) is 15.7 Å². The van der Waals surface area contributed by atoms with Gasteiger partial charge in [0.1, 0.15) is 5.25 Å². The SMILES string of the molecule is CCCCCS(=O)C(C)C(=O)Nc1c(Cl)cc(N)cc1Cl. The van der Waals surface area contributed by atoms with Crippen molar-refractivity contribution in [1.29, 1.82) is 0 Å². The third-order valence-electron chi connectivity index (χ3n) is 3.03. The van der Waals surface area contributed by atoms with Gasteiger partial charge in [0, 0.05) is 22.2 Å². The Morgan fingerprint density at radius 2 is 1.90 bits per heavy atom. The van der Waals surface area contributed by atoms with Gasteiger partial charge in [0.15, 0.2) is 0 Å². The van der Waals surface area contributed by atoms with Crippen LogP contribution in [0.3, 0.4) is 0 Å². The number of hydrogen-bond donors (Lipinski definition) is 2. The highest BCUT2D eigenvalue weighted by atomic mass is 35.5. The number of hydrogen-bond acceptors (Lipinski definition) is 3. The van der Waals surface area contributed by atoms with Crippen LogP contribution in [0.15, 0.2) is 12.1 Å². The molecule has 1 aromatic carbocycles. The maximum Gasteiger partial charge on any atom is 0.239 e. The number of carbonyl (C=O) groups excluding carboxylic acids is 1. The number of anilines is 2. The molecule has 0 fully saturated rings. The van der Waals surface area contributed by atoms with Gasteiger partial charge in [-0.05, 0) is 25.5 Å². The number of carbonyl (C=O) groups is 1. The molecule has 0 radical (unpaired) electrons. The Labute approximate surface area is 137 Å². The zero-order chi connectivity index (χ0) is 16.0. The van der Waals surface area contributed by atoms with Crippen LogP contribution in [0, 0.1) is 0 Å². The maximum atomic E-state index is 12.1. The van der Waals surface area contributed by atoms with Gasteiger partial charge < -0.3 is 11.1 Å². The summed E-state index contributed by atoms with van der Waals surface area (Å²) >= 11 is 12.0. The summed E-state index contributed by atoms with van der Waals surface area (Å²) in [5.41, 5.74) is 6.32. The van der Waals surface area contributed by atoms with Gasteiger partial charge in [0.2, 0.25) is 5.91 Å². The molecule has 4 nitrogen and oxygen atoms in total. The van der Waals surface area contributed by atoms with Crippen LogP contribution in [0.4, 0.5) is 11.4 Å². The van der Waals surface area contributed by atoms with Crippen molar-refractivity contribution >= 4 is 51.3 Å². The van der Waals surface area contributed by atoms with E-state index in [4.69, 9.17) is 28.9 Å². The molecule has 0 aliphatic rings. The molecule has 0 bridgehead atoms. The summed E-state index contributed by atoms with van der Waals surface area (Å²) in [6, 6.07) is 3.01. The average molecular weight is 351 g/mol. The first-order valence-electron chi connectivity index (χ1n) is 6.79. The summed E-state index contributed by atoms with van der Waals surface area (Å²) in [4.78, 5) is 12.1. The molecule has 7 heteroatoms. The van der Waals surface area contributed by atoms with E-state index in [9.17, 15) is 9.00 Å². The molecule has 2 unspecified atom stereocenters. The molecule has 1 aromatic rings. The minimum Gasteiger partial charge on any atom is -0.399 e. The van der Waals surface area contributed by atoms with Crippen LogP contribution in [0.1, 0.15) is 33.1 Å². The molecule has 0 aliphatic carbocycles. The quantitative estimate of drug-likeness (QED) is 0.579. The van der Waals surface area contributed by atoms with Gasteiger partial charge in [-0.2, -0.15) is 0 Å². The molecule has 1 rings (SSSR count). The van der Waals surface area contributed by atoms with E-state index in [1.165, 1.54) is 12.1 Å². The van der Waals surface area contributed by atoms with E-state index >= 15 is 0 Å². The van der Waals surface area contributed by atoms with Gasteiger partial charge in [-0.1, -0.05) is 43.0 Å². The third kappa shape index (κ3) is 5.49. The second kappa shape index (κ2) is 8.61. The van der Waals surface area contributed by atoms with Crippen LogP contribution < -0.4 is 11.1 Å². The minimum atomic E-state index is -1.21. The molecule has 0 saturated heterocycles. The van der Waals surface area contributed by atoms with Crippen LogP contribution in [0.5, 0.6) is 0 Å². The fraction of sp³-hybridized carbons (Fsp3) is 0.500. The number of amides is 1. The summed E-state index contributed by atoms with van der Waals surface area (Å²) in [5, 5.41) is 2.53. The maximum absolute atomic E-state index is 12.1. The lowest BCUT2D eigenvalue weighted by Gasteiger charge is -2.14. The molecule has 0 saturated carbocycles. The van der Waals surface area contributed by atoms with Gasteiger partial charge in [-0.3, -0.25) is 9.00 Å². The summed E-state index contributed by atoms with van der Waals surface area (Å²) in [7, 11) is -1.21. The molecule has 0 aliphatic heterocycles. The zero-order valence-electron chi connectivity index (χ0n) is 12.1. The summed E-state index contributed by atoms with van der Waals surface area (Å²) < 4.78 is 12.0. The fourth-order valence-electron chi connectivity index (χ4n) is 1.73. The smallest absolute Gasteiger partial charge is 0.239 e. The highest BCUT2D eigenvalue weighted by Crippen LogP contribution is 2.33. The van der Waals surface area contributed by atoms with Crippen molar-refractivity contribution in [1.82, 2.24) is 0 Å². The monoisotopic (exact) mass is 350 g/mol. The van der Waals surface area contributed by atoms with Crippen molar-refractivity contribution in [3.05, 3.63) is 22.2 Å². The van der Waals surface area contributed by atoms with E-state index in [1.807, 2.05) is 0 Å². The molecular weight excluding hydrogens is 331 g/mol. The Hall–Kier alpha value is -0.780. The third-order valence-corrected chi connectivity index (χ3v) is 5.32. The lowest BCUT2D eigenvalue weighted by molar-refractivity contribution is -0.115. The van der Waals surface area contributed by atoms with E-state index in [-0.39, 0.29) is 16.0 Å². The second-order valence-electron chi connectivity index (χ2n) is 4.78. The lowest BCUT2D eigenvalue weighted by atomic mass is 10.2. The fourth-order valence-corrected chi connectivity index (χ4v) is 3.47. The van der Waals surface area contributed by atoms with E-state index < -0.39 is 16.0 Å². The van der Waals surface area contributed by atoms with Crippen molar-refractivity contribution < 1.29 is 9.00 Å². The van der Waals surface area contributed by atoms with Crippen LogP contribution in [-0.4, -0.2) is 21.1 Å². The molecule has 3 N–H and O–H groups in total. The zero-order valence-corrected chi connectivity index (χ0v) is 14.4. The Kier molecular flexibility index (Phi) is 7.49. The number of nitrogens with two attached hydrogens (primary N) is 1. The first-order valence-corrected chi connectivity index (χ1v) is 8.93. The summed E-state index contributed by atoms with van der Waals surface area (Å²) in [6.07, 6.45) is 2.91. The van der Waals surface area contributed by atoms with Crippen LogP contribution >= 0.6 is 23.2 Å². The van der Waals surface area contributed by atoms with Gasteiger partial charge in [-0.15, -0.1) is 0 Å². The van der Waals surface area contributed by atoms with Crippen LogP contribution in [0.2, 0.25) is 10.0 Å². The van der Waals surface area contributed by atoms with E-state index in [0.29, 0.717) is 17.1 Å². The van der Waals surface area contributed by atoms with Crippen molar-refractivity contribution in [2.75, 3.05) is 16.8 Å². The topological polar surface area (TPSA) is 72.2 Å². The average Bonchev–Trinajstić information content (AvgIpc) is 2.41. The van der Waals surface area contributed by atoms with Crippen molar-refractivity contribution in [3.8, 4) is 0 Å². The number of nitrogens with one attached hydrogen (secondary N) is 1. The van der Waals surface area contributed by atoms with Gasteiger partial charge in [0.25, 0.3) is 0 Å². The molecule has 21 heavy (non-hydrogen) atoms. The lowest BCUT2D eigenvalue weighted by Crippen LogP contribution is -2.30. The van der Waals surface area contributed by atoms with E-state index in [2.05, 4.69) is 12.2 Å². The number of rotatable bonds is 7. The number of halogens is 2. The Morgan fingerprint density at radius 1 is 1.33 bits per heavy atom. The molecule has 118 valence electrons. The molecule has 0 heterocycles. The van der Waals surface area contributed by atoms with Crippen LogP contribution in [-0.2, 0) is 15.6 Å². The first kappa shape index (κ1) is 18.3. The molecular formula is C14H20Cl2N2O2S. The molecule has 0 aromatic heterocycles. The highest BCUT2D eigenvalue weighted by molar-refractivity contribution is 7.86. The standard InChI is InChI=1S/C14H20Cl2N2O2S/c1-3-4-5-6-21(20)9(2)14(19)18-13-11(15)7-10(17)8-12(13)16/h7-9H,3-6,17H2,1-2H3,(H,18,19). The first-order chi connectivity index (χ1) is 9.86. The molecule has 0 spiro atoms. The predicted octanol–water partition coefficient (Wildman–Crippen LogP) is 3.84. The normalized spacial score (nSPS) is 13.7. The molecule has 1 amide bonds. The second-order valence-corrected chi connectivity index (χ2v) is 7.47. The van der Waals surface area contributed by atoms with Gasteiger partial charge >= 0.3 is 0 Å². The molecule has 2 atom stereocenters. The van der Waals surface area contributed by atoms with Crippen molar-refractivity contribution in [2.24, 2.45) is 0 Å². The number of nitrogen functional groups attached to an aromatic ring is 1. The predicted molar refractivity (Wildman–Crippen MR) is 91.5 cm³/mol. The summed E-state index contributed by atoms with van der Waals surface area (Å²) in [6.45, 7) is 3.71. The highest BCUT2D eigenvalue weighted by Gasteiger charge is 2.21. The number of unbranched alkanes of at least 4 members (excludes halogenated alkanes) is 2. The Morgan fingerprint density at radius 3 is 2.43 bits per heavy atom. The largest absolute Gasteiger partial charge is 0.399 e. The Bertz CT molecular complexity index is 515. The van der Waals surface area contributed by atoms with E-state index in [1.54, 1.807) is 6.92 Å². The van der Waals surface area contributed by atoms with Crippen molar-refractivity contribution in [3.63, 3.8) is 0 Å². The van der Waals surface area contributed by atoms with Gasteiger partial charge in [-0.25, -0.2) is 0 Å². The minimum absolute atomic E-state index is 0.261. The Balaban J connectivity index is 2.70. The van der Waals surface area contributed by atoms with Crippen molar-refractivity contribution in [2.45, 2.75) is 38.4 Å². The van der Waals surface area contributed by atoms with E-state index in [0.717, 1.165) is 19.3 Å². The van der Waals surface area contributed by atoms with Crippen LogP contribution in [0.25, 0.3) is 0 Å². The summed E-state index contributed by atoms with van der Waals surface area (Å²) in [5.74, 6) is 0.157.